The van der Waals surface area contributed by atoms with Gasteiger partial charge in [0.2, 0.25) is 0 Å². The summed E-state index contributed by atoms with van der Waals surface area (Å²) in [6.45, 7) is 10.9. The van der Waals surface area contributed by atoms with Crippen LogP contribution in [-0.4, -0.2) is 0 Å². The number of benzene rings is 1. The second-order valence-electron chi connectivity index (χ2n) is 5.91. The Morgan fingerprint density at radius 2 is 1.78 bits per heavy atom. The van der Waals surface area contributed by atoms with Gasteiger partial charge < -0.3 is 5.32 Å². The van der Waals surface area contributed by atoms with E-state index in [1.165, 1.54) is 48.2 Å². The number of nitrogens with one attached hydrogen (secondary N) is 1. The van der Waals surface area contributed by atoms with E-state index in [4.69, 9.17) is 0 Å². The Bertz CT molecular complexity index is 425. The molecule has 1 aliphatic rings. The quantitative estimate of drug-likeness (QED) is 0.782. The molecule has 0 aliphatic heterocycles. The average molecular weight is 243 g/mol. The van der Waals surface area contributed by atoms with Gasteiger partial charge >= 0.3 is 0 Å². The molecular formula is C17H25N. The number of allylic oxidation sites excluding steroid dienone is 1. The molecule has 1 heteroatoms. The molecule has 18 heavy (non-hydrogen) atoms. The summed E-state index contributed by atoms with van der Waals surface area (Å²) in [5.74, 6) is 1.55. The maximum atomic E-state index is 4.24. The molecule has 2 rings (SSSR count). The summed E-state index contributed by atoms with van der Waals surface area (Å²) in [5.41, 5.74) is 5.06. The van der Waals surface area contributed by atoms with Crippen LogP contribution in [0, 0.1) is 25.7 Å². The van der Waals surface area contributed by atoms with Gasteiger partial charge in [-0.2, -0.15) is 0 Å². The summed E-state index contributed by atoms with van der Waals surface area (Å²) in [6.07, 6.45) is 5.27. The summed E-state index contributed by atoms with van der Waals surface area (Å²) in [7, 11) is 0. The highest BCUT2D eigenvalue weighted by Crippen LogP contribution is 2.32. The van der Waals surface area contributed by atoms with Gasteiger partial charge in [0, 0.05) is 11.4 Å². The minimum atomic E-state index is 0.655. The van der Waals surface area contributed by atoms with E-state index < -0.39 is 0 Å². The van der Waals surface area contributed by atoms with Crippen LogP contribution in [0.5, 0.6) is 0 Å². The smallest absolute Gasteiger partial charge is 0.0384 e. The molecule has 0 unspecified atom stereocenters. The number of hydrogen-bond acceptors (Lipinski definition) is 1. The van der Waals surface area contributed by atoms with E-state index in [1.807, 2.05) is 0 Å². The minimum absolute atomic E-state index is 0.655. The van der Waals surface area contributed by atoms with Gasteiger partial charge in [-0.15, -0.1) is 0 Å². The Morgan fingerprint density at radius 3 is 2.39 bits per heavy atom. The fourth-order valence-electron chi connectivity index (χ4n) is 2.72. The highest BCUT2D eigenvalue weighted by atomic mass is 14.9. The predicted molar refractivity (Wildman–Crippen MR) is 79.8 cm³/mol. The maximum absolute atomic E-state index is 4.24. The number of hydrogen-bond donors (Lipinski definition) is 1. The van der Waals surface area contributed by atoms with Gasteiger partial charge in [0.1, 0.15) is 0 Å². The SMILES string of the molecule is C=C(Nc1ccc(C)c(C)c1)C1CCC(C)CC1. The van der Waals surface area contributed by atoms with Gasteiger partial charge in [-0.05, 0) is 61.8 Å². The lowest BCUT2D eigenvalue weighted by molar-refractivity contribution is 0.322. The fourth-order valence-corrected chi connectivity index (χ4v) is 2.72. The summed E-state index contributed by atoms with van der Waals surface area (Å²) in [6, 6.07) is 6.54. The Kier molecular flexibility index (Phi) is 4.11. The van der Waals surface area contributed by atoms with Crippen LogP contribution in [0.4, 0.5) is 5.69 Å². The molecule has 0 amide bonds. The van der Waals surface area contributed by atoms with Crippen molar-refractivity contribution in [2.75, 3.05) is 5.32 Å². The zero-order valence-corrected chi connectivity index (χ0v) is 11.9. The molecule has 1 nitrogen and oxygen atoms in total. The molecule has 1 saturated carbocycles. The standard InChI is InChI=1S/C17H25N/c1-12-5-8-16(9-6-12)15(4)18-17-10-7-13(2)14(3)11-17/h7,10-12,16,18H,4-6,8-9H2,1-3H3. The van der Waals surface area contributed by atoms with Crippen molar-refractivity contribution in [3.8, 4) is 0 Å². The van der Waals surface area contributed by atoms with Crippen LogP contribution in [0.15, 0.2) is 30.5 Å². The lowest BCUT2D eigenvalue weighted by Crippen LogP contribution is -2.17. The lowest BCUT2D eigenvalue weighted by Gasteiger charge is -2.28. The van der Waals surface area contributed by atoms with Crippen molar-refractivity contribution >= 4 is 5.69 Å². The lowest BCUT2D eigenvalue weighted by atomic mass is 9.81. The molecule has 0 spiro atoms. The molecular weight excluding hydrogens is 218 g/mol. The van der Waals surface area contributed by atoms with E-state index in [0.717, 1.165) is 5.92 Å². The van der Waals surface area contributed by atoms with Crippen LogP contribution in [0.2, 0.25) is 0 Å². The first kappa shape index (κ1) is 13.2. The van der Waals surface area contributed by atoms with Crippen molar-refractivity contribution < 1.29 is 0 Å². The van der Waals surface area contributed by atoms with Crippen molar-refractivity contribution in [3.05, 3.63) is 41.6 Å². The van der Waals surface area contributed by atoms with Gasteiger partial charge in [0.15, 0.2) is 0 Å². The monoisotopic (exact) mass is 243 g/mol. The van der Waals surface area contributed by atoms with Gasteiger partial charge in [0.25, 0.3) is 0 Å². The van der Waals surface area contributed by atoms with E-state index >= 15 is 0 Å². The van der Waals surface area contributed by atoms with E-state index in [2.05, 4.69) is 50.9 Å². The van der Waals surface area contributed by atoms with E-state index in [1.54, 1.807) is 0 Å². The van der Waals surface area contributed by atoms with Crippen molar-refractivity contribution in [3.63, 3.8) is 0 Å². The highest BCUT2D eigenvalue weighted by molar-refractivity contribution is 5.51. The molecule has 0 heterocycles. The third-order valence-electron chi connectivity index (χ3n) is 4.32. The van der Waals surface area contributed by atoms with Crippen LogP contribution in [0.3, 0.4) is 0 Å². The summed E-state index contributed by atoms with van der Waals surface area (Å²) < 4.78 is 0. The van der Waals surface area contributed by atoms with Crippen LogP contribution in [-0.2, 0) is 0 Å². The second-order valence-corrected chi connectivity index (χ2v) is 5.91. The second kappa shape index (κ2) is 5.60. The molecule has 0 atom stereocenters. The average Bonchev–Trinajstić information content (AvgIpc) is 2.34. The molecule has 98 valence electrons. The van der Waals surface area contributed by atoms with Gasteiger partial charge in [-0.25, -0.2) is 0 Å². The van der Waals surface area contributed by atoms with E-state index in [0.29, 0.717) is 5.92 Å². The molecule has 1 fully saturated rings. The van der Waals surface area contributed by atoms with Crippen LogP contribution < -0.4 is 5.32 Å². The topological polar surface area (TPSA) is 12.0 Å². The van der Waals surface area contributed by atoms with Gasteiger partial charge in [0.05, 0.1) is 0 Å². The van der Waals surface area contributed by atoms with Gasteiger partial charge in [-0.3, -0.25) is 0 Å². The first-order valence-electron chi connectivity index (χ1n) is 7.09. The molecule has 1 N–H and O–H groups in total. The summed E-state index contributed by atoms with van der Waals surface area (Å²) in [4.78, 5) is 0. The van der Waals surface area contributed by atoms with E-state index in [9.17, 15) is 0 Å². The first-order valence-corrected chi connectivity index (χ1v) is 7.09. The molecule has 0 saturated heterocycles. The molecule has 0 bridgehead atoms. The van der Waals surface area contributed by atoms with Gasteiger partial charge in [-0.1, -0.05) is 32.4 Å². The number of anilines is 1. The molecule has 0 aromatic heterocycles. The first-order chi connectivity index (χ1) is 8.56. The number of aryl methyl sites for hydroxylation is 2. The van der Waals surface area contributed by atoms with Crippen LogP contribution in [0.1, 0.15) is 43.7 Å². The summed E-state index contributed by atoms with van der Waals surface area (Å²) >= 11 is 0. The summed E-state index contributed by atoms with van der Waals surface area (Å²) in [5, 5.41) is 3.50. The Labute approximate surface area is 111 Å². The zero-order chi connectivity index (χ0) is 13.1. The van der Waals surface area contributed by atoms with Crippen molar-refractivity contribution in [1.29, 1.82) is 0 Å². The predicted octanol–water partition coefficient (Wildman–Crippen LogP) is 5.06. The van der Waals surface area contributed by atoms with Crippen molar-refractivity contribution in [2.24, 2.45) is 11.8 Å². The maximum Gasteiger partial charge on any atom is 0.0384 e. The largest absolute Gasteiger partial charge is 0.359 e. The number of rotatable bonds is 3. The normalized spacial score (nSPS) is 23.7. The molecule has 1 aromatic rings. The molecule has 0 radical (unpaired) electrons. The highest BCUT2D eigenvalue weighted by Gasteiger charge is 2.20. The molecule has 1 aromatic carbocycles. The Hall–Kier alpha value is -1.24. The van der Waals surface area contributed by atoms with Crippen molar-refractivity contribution in [1.82, 2.24) is 0 Å². The van der Waals surface area contributed by atoms with Crippen LogP contribution >= 0.6 is 0 Å². The zero-order valence-electron chi connectivity index (χ0n) is 11.9. The Balaban J connectivity index is 1.96. The van der Waals surface area contributed by atoms with E-state index in [-0.39, 0.29) is 0 Å². The minimum Gasteiger partial charge on any atom is -0.359 e. The Morgan fingerprint density at radius 1 is 1.11 bits per heavy atom. The van der Waals surface area contributed by atoms with Crippen molar-refractivity contribution in [2.45, 2.75) is 46.5 Å². The fraction of sp³-hybridized carbons (Fsp3) is 0.529. The van der Waals surface area contributed by atoms with Crippen LogP contribution in [0.25, 0.3) is 0 Å². The third kappa shape index (κ3) is 3.16. The third-order valence-corrected chi connectivity index (χ3v) is 4.32. The molecule has 1 aliphatic carbocycles.